The van der Waals surface area contributed by atoms with Crippen LogP contribution in [0.15, 0.2) is 28.7 Å². The number of rotatable bonds is 4. The second kappa shape index (κ2) is 6.20. The van der Waals surface area contributed by atoms with Gasteiger partial charge in [0.1, 0.15) is 0 Å². The number of halogens is 1. The van der Waals surface area contributed by atoms with Gasteiger partial charge in [-0.1, -0.05) is 12.1 Å². The van der Waals surface area contributed by atoms with Crippen LogP contribution in [-0.2, 0) is 0 Å². The number of nitrogens with zero attached hydrogens (tertiary/aromatic N) is 1. The molecule has 0 aromatic heterocycles. The molecule has 0 heterocycles. The molecule has 0 aliphatic carbocycles. The molecule has 1 N–H and O–H groups in total. The van der Waals surface area contributed by atoms with Crippen LogP contribution >= 0.6 is 15.9 Å². The lowest BCUT2D eigenvalue weighted by Gasteiger charge is -2.05. The Morgan fingerprint density at radius 1 is 1.47 bits per heavy atom. The van der Waals surface area contributed by atoms with Gasteiger partial charge in [0, 0.05) is 17.4 Å². The molecule has 15 heavy (non-hydrogen) atoms. The highest BCUT2D eigenvalue weighted by Crippen LogP contribution is 2.15. The maximum Gasteiger partial charge on any atom is 0.252 e. The van der Waals surface area contributed by atoms with E-state index in [0.717, 1.165) is 4.47 Å². The summed E-state index contributed by atoms with van der Waals surface area (Å²) in [5, 5.41) is 11.1. The molecule has 0 saturated heterocycles. The Labute approximate surface area is 97.2 Å². The summed E-state index contributed by atoms with van der Waals surface area (Å²) in [4.78, 5) is 11.6. The fourth-order valence-corrected chi connectivity index (χ4v) is 1.57. The summed E-state index contributed by atoms with van der Waals surface area (Å²) in [6.07, 6.45) is 1.16. The molecular formula is C11H11BrN2O. The van der Waals surface area contributed by atoms with Crippen LogP contribution in [0.2, 0.25) is 0 Å². The molecule has 0 fully saturated rings. The average Bonchev–Trinajstić information content (AvgIpc) is 2.25. The van der Waals surface area contributed by atoms with Crippen molar-refractivity contribution in [3.8, 4) is 6.07 Å². The summed E-state index contributed by atoms with van der Waals surface area (Å²) in [5.74, 6) is -0.111. The summed E-state index contributed by atoms with van der Waals surface area (Å²) in [5.41, 5.74) is 0.620. The van der Waals surface area contributed by atoms with Gasteiger partial charge in [-0.3, -0.25) is 4.79 Å². The van der Waals surface area contributed by atoms with Crippen molar-refractivity contribution < 1.29 is 4.79 Å². The maximum atomic E-state index is 11.6. The predicted octanol–water partition coefficient (Wildman–Crippen LogP) is 2.48. The van der Waals surface area contributed by atoms with Crippen LogP contribution in [-0.4, -0.2) is 12.5 Å². The number of unbranched alkanes of at least 4 members (excludes halogenated alkanes) is 1. The van der Waals surface area contributed by atoms with E-state index in [-0.39, 0.29) is 5.91 Å². The Hall–Kier alpha value is -1.34. The van der Waals surface area contributed by atoms with Crippen LogP contribution in [0, 0.1) is 11.3 Å². The van der Waals surface area contributed by atoms with Crippen molar-refractivity contribution in [2.75, 3.05) is 6.54 Å². The molecule has 0 bridgehead atoms. The number of carbonyl (C=O) groups is 1. The molecule has 78 valence electrons. The van der Waals surface area contributed by atoms with Gasteiger partial charge in [-0.25, -0.2) is 0 Å². The minimum atomic E-state index is -0.111. The summed E-state index contributed by atoms with van der Waals surface area (Å²) in [6, 6.07) is 9.28. The number of benzene rings is 1. The first-order valence-electron chi connectivity index (χ1n) is 4.65. The molecule has 0 radical (unpaired) electrons. The molecule has 1 aromatic rings. The van der Waals surface area contributed by atoms with Gasteiger partial charge in [0.2, 0.25) is 0 Å². The number of nitrogens with one attached hydrogen (secondary N) is 1. The van der Waals surface area contributed by atoms with Gasteiger partial charge in [-0.05, 0) is 34.5 Å². The van der Waals surface area contributed by atoms with Gasteiger partial charge in [0.25, 0.3) is 5.91 Å². The van der Waals surface area contributed by atoms with E-state index in [1.807, 2.05) is 24.3 Å². The number of carbonyl (C=O) groups excluding carboxylic acids is 1. The van der Waals surface area contributed by atoms with Gasteiger partial charge < -0.3 is 5.32 Å². The summed E-state index contributed by atoms with van der Waals surface area (Å²) < 4.78 is 0.780. The monoisotopic (exact) mass is 266 g/mol. The smallest absolute Gasteiger partial charge is 0.252 e. The zero-order valence-corrected chi connectivity index (χ0v) is 9.75. The molecular weight excluding hydrogens is 256 g/mol. The van der Waals surface area contributed by atoms with E-state index >= 15 is 0 Å². The van der Waals surface area contributed by atoms with Crippen LogP contribution in [0.25, 0.3) is 0 Å². The Morgan fingerprint density at radius 3 is 2.87 bits per heavy atom. The van der Waals surface area contributed by atoms with Gasteiger partial charge in [0.05, 0.1) is 11.6 Å². The minimum absolute atomic E-state index is 0.111. The summed E-state index contributed by atoms with van der Waals surface area (Å²) in [6.45, 7) is 0.535. The molecule has 0 atom stereocenters. The van der Waals surface area contributed by atoms with Crippen molar-refractivity contribution in [2.45, 2.75) is 12.8 Å². The molecule has 1 aromatic carbocycles. The molecule has 4 heteroatoms. The van der Waals surface area contributed by atoms with E-state index < -0.39 is 0 Å². The molecule has 0 unspecified atom stereocenters. The van der Waals surface area contributed by atoms with Gasteiger partial charge in [-0.2, -0.15) is 5.26 Å². The minimum Gasteiger partial charge on any atom is -0.352 e. The first-order valence-corrected chi connectivity index (χ1v) is 5.44. The quantitative estimate of drug-likeness (QED) is 0.852. The SMILES string of the molecule is N#CCCCNC(=O)c1ccccc1Br. The Balaban J connectivity index is 2.48. The Kier molecular flexibility index (Phi) is 4.85. The topological polar surface area (TPSA) is 52.9 Å². The lowest BCUT2D eigenvalue weighted by molar-refractivity contribution is 0.0952. The molecule has 1 amide bonds. The fourth-order valence-electron chi connectivity index (χ4n) is 1.11. The van der Waals surface area contributed by atoms with E-state index in [1.165, 1.54) is 0 Å². The second-order valence-corrected chi connectivity index (χ2v) is 3.85. The molecule has 0 aliphatic rings. The van der Waals surface area contributed by atoms with Crippen LogP contribution < -0.4 is 5.32 Å². The highest BCUT2D eigenvalue weighted by molar-refractivity contribution is 9.10. The van der Waals surface area contributed by atoms with Crippen molar-refractivity contribution in [3.63, 3.8) is 0 Å². The lowest BCUT2D eigenvalue weighted by atomic mass is 10.2. The average molecular weight is 267 g/mol. The largest absolute Gasteiger partial charge is 0.352 e. The van der Waals surface area contributed by atoms with Crippen LogP contribution in [0.3, 0.4) is 0 Å². The number of hydrogen-bond acceptors (Lipinski definition) is 2. The van der Waals surface area contributed by atoms with E-state index in [0.29, 0.717) is 24.9 Å². The number of nitriles is 1. The summed E-state index contributed by atoms with van der Waals surface area (Å²) in [7, 11) is 0. The molecule has 0 spiro atoms. The third kappa shape index (κ3) is 3.72. The van der Waals surface area contributed by atoms with Crippen molar-refractivity contribution in [1.82, 2.24) is 5.32 Å². The van der Waals surface area contributed by atoms with Crippen molar-refractivity contribution in [3.05, 3.63) is 34.3 Å². The first kappa shape index (κ1) is 11.7. The van der Waals surface area contributed by atoms with E-state index in [4.69, 9.17) is 5.26 Å². The second-order valence-electron chi connectivity index (χ2n) is 3.00. The summed E-state index contributed by atoms with van der Waals surface area (Å²) >= 11 is 3.31. The van der Waals surface area contributed by atoms with Crippen molar-refractivity contribution >= 4 is 21.8 Å². The Morgan fingerprint density at radius 2 is 2.20 bits per heavy atom. The van der Waals surface area contributed by atoms with E-state index in [2.05, 4.69) is 21.2 Å². The molecule has 3 nitrogen and oxygen atoms in total. The van der Waals surface area contributed by atoms with Gasteiger partial charge in [-0.15, -0.1) is 0 Å². The third-order valence-electron chi connectivity index (χ3n) is 1.87. The van der Waals surface area contributed by atoms with Gasteiger partial charge >= 0.3 is 0 Å². The predicted molar refractivity (Wildman–Crippen MR) is 61.3 cm³/mol. The Bertz CT molecular complexity index is 384. The number of amides is 1. The van der Waals surface area contributed by atoms with Crippen LogP contribution in [0.1, 0.15) is 23.2 Å². The first-order chi connectivity index (χ1) is 7.25. The normalized spacial score (nSPS) is 9.33. The van der Waals surface area contributed by atoms with Crippen molar-refractivity contribution in [2.24, 2.45) is 0 Å². The lowest BCUT2D eigenvalue weighted by Crippen LogP contribution is -2.24. The zero-order chi connectivity index (χ0) is 11.1. The van der Waals surface area contributed by atoms with Crippen LogP contribution in [0.5, 0.6) is 0 Å². The zero-order valence-electron chi connectivity index (χ0n) is 8.16. The van der Waals surface area contributed by atoms with E-state index in [9.17, 15) is 4.79 Å². The van der Waals surface area contributed by atoms with Crippen molar-refractivity contribution in [1.29, 1.82) is 5.26 Å². The standard InChI is InChI=1S/C11H11BrN2O/c12-10-6-2-1-5-9(10)11(15)14-8-4-3-7-13/h1-2,5-6H,3-4,8H2,(H,14,15). The molecule has 1 rings (SSSR count). The molecule has 0 saturated carbocycles. The van der Waals surface area contributed by atoms with Gasteiger partial charge in [0.15, 0.2) is 0 Å². The third-order valence-corrected chi connectivity index (χ3v) is 2.56. The van der Waals surface area contributed by atoms with E-state index in [1.54, 1.807) is 6.07 Å². The highest BCUT2D eigenvalue weighted by atomic mass is 79.9. The number of hydrogen-bond donors (Lipinski definition) is 1. The fraction of sp³-hybridized carbons (Fsp3) is 0.273. The van der Waals surface area contributed by atoms with Crippen LogP contribution in [0.4, 0.5) is 0 Å². The highest BCUT2D eigenvalue weighted by Gasteiger charge is 2.07. The maximum absolute atomic E-state index is 11.6. The molecule has 0 aliphatic heterocycles.